The van der Waals surface area contributed by atoms with Crippen LogP contribution in [-0.4, -0.2) is 56.9 Å². The second kappa shape index (κ2) is 8.40. The Labute approximate surface area is 177 Å². The number of benzene rings is 2. The van der Waals surface area contributed by atoms with Crippen molar-refractivity contribution in [2.45, 2.75) is 31.7 Å². The molecule has 0 bridgehead atoms. The number of hydrogen-bond donors (Lipinski definition) is 0. The van der Waals surface area contributed by atoms with E-state index in [0.29, 0.717) is 11.6 Å². The van der Waals surface area contributed by atoms with Gasteiger partial charge in [0, 0.05) is 38.6 Å². The molecule has 2 aliphatic rings. The minimum Gasteiger partial charge on any atom is -0.336 e. The fraction of sp³-hybridized carbons (Fsp3) is 0.375. The lowest BCUT2D eigenvalue weighted by Crippen LogP contribution is -2.35. The van der Waals surface area contributed by atoms with Gasteiger partial charge >= 0.3 is 0 Å². The van der Waals surface area contributed by atoms with Crippen LogP contribution in [0.2, 0.25) is 0 Å². The van der Waals surface area contributed by atoms with E-state index in [1.54, 1.807) is 0 Å². The molecule has 2 fully saturated rings. The van der Waals surface area contributed by atoms with Gasteiger partial charge in [-0.2, -0.15) is 0 Å². The van der Waals surface area contributed by atoms with E-state index in [-0.39, 0.29) is 5.91 Å². The second-order valence-electron chi connectivity index (χ2n) is 8.25. The van der Waals surface area contributed by atoms with Crippen molar-refractivity contribution >= 4 is 5.91 Å². The van der Waals surface area contributed by atoms with Gasteiger partial charge in [0.1, 0.15) is 0 Å². The molecule has 2 aromatic carbocycles. The molecule has 154 valence electrons. The second-order valence-corrected chi connectivity index (χ2v) is 8.25. The summed E-state index contributed by atoms with van der Waals surface area (Å²) >= 11 is 0. The number of para-hydroxylation sites is 1. The zero-order chi connectivity index (χ0) is 20.3. The van der Waals surface area contributed by atoms with Gasteiger partial charge in [-0.3, -0.25) is 9.69 Å². The summed E-state index contributed by atoms with van der Waals surface area (Å²) in [7, 11) is 0. The number of rotatable bonds is 5. The molecular formula is C24H27N5O. The summed E-state index contributed by atoms with van der Waals surface area (Å²) in [4.78, 5) is 17.8. The number of carbonyl (C=O) groups is 1. The number of nitrogens with zero attached hydrogens (tertiary/aromatic N) is 5. The van der Waals surface area contributed by atoms with Crippen LogP contribution in [0, 0.1) is 0 Å². The van der Waals surface area contributed by atoms with Crippen LogP contribution in [0.1, 0.15) is 46.9 Å². The Morgan fingerprint density at radius 3 is 2.37 bits per heavy atom. The third-order valence-corrected chi connectivity index (χ3v) is 6.00. The molecule has 0 radical (unpaired) electrons. The number of aromatic nitrogens is 3. The van der Waals surface area contributed by atoms with Crippen LogP contribution in [0.4, 0.5) is 0 Å². The third-order valence-electron chi connectivity index (χ3n) is 6.00. The summed E-state index contributed by atoms with van der Waals surface area (Å²) < 4.78 is 1.87. The zero-order valence-corrected chi connectivity index (χ0v) is 17.2. The van der Waals surface area contributed by atoms with Crippen molar-refractivity contribution in [2.24, 2.45) is 0 Å². The highest BCUT2D eigenvalue weighted by molar-refractivity contribution is 5.93. The van der Waals surface area contributed by atoms with Gasteiger partial charge in [-0.25, -0.2) is 4.68 Å². The van der Waals surface area contributed by atoms with Gasteiger partial charge in [-0.1, -0.05) is 53.7 Å². The van der Waals surface area contributed by atoms with E-state index in [1.807, 2.05) is 46.0 Å². The van der Waals surface area contributed by atoms with Gasteiger partial charge in [0.05, 0.1) is 11.4 Å². The summed E-state index contributed by atoms with van der Waals surface area (Å²) in [5, 5.41) is 8.72. The molecule has 0 atom stereocenters. The molecule has 5 rings (SSSR count). The maximum Gasteiger partial charge on any atom is 0.276 e. The van der Waals surface area contributed by atoms with Crippen LogP contribution in [0.15, 0.2) is 60.7 Å². The van der Waals surface area contributed by atoms with E-state index >= 15 is 0 Å². The molecule has 2 heterocycles. The van der Waals surface area contributed by atoms with E-state index < -0.39 is 0 Å². The Kier molecular flexibility index (Phi) is 5.32. The first-order valence-electron chi connectivity index (χ1n) is 10.9. The topological polar surface area (TPSA) is 54.3 Å². The fourth-order valence-corrected chi connectivity index (χ4v) is 4.25. The van der Waals surface area contributed by atoms with E-state index in [0.717, 1.165) is 63.4 Å². The van der Waals surface area contributed by atoms with Gasteiger partial charge < -0.3 is 4.90 Å². The van der Waals surface area contributed by atoms with Crippen molar-refractivity contribution in [3.8, 4) is 5.69 Å². The van der Waals surface area contributed by atoms with Crippen molar-refractivity contribution in [3.63, 3.8) is 0 Å². The predicted molar refractivity (Wildman–Crippen MR) is 116 cm³/mol. The smallest absolute Gasteiger partial charge is 0.276 e. The Balaban J connectivity index is 1.32. The van der Waals surface area contributed by atoms with E-state index in [9.17, 15) is 4.79 Å². The molecule has 1 saturated heterocycles. The van der Waals surface area contributed by atoms with Gasteiger partial charge in [0.25, 0.3) is 5.91 Å². The molecular weight excluding hydrogens is 374 g/mol. The average Bonchev–Trinajstić information content (AvgIpc) is 3.58. The molecule has 1 saturated carbocycles. The summed E-state index contributed by atoms with van der Waals surface area (Å²) in [5.41, 5.74) is 3.81. The highest BCUT2D eigenvalue weighted by Gasteiger charge is 2.36. The van der Waals surface area contributed by atoms with Crippen LogP contribution >= 0.6 is 0 Å². The Morgan fingerprint density at radius 1 is 0.900 bits per heavy atom. The molecule has 1 aliphatic carbocycles. The molecule has 0 spiro atoms. The average molecular weight is 402 g/mol. The number of hydrogen-bond acceptors (Lipinski definition) is 4. The summed E-state index contributed by atoms with van der Waals surface area (Å²) in [6.45, 7) is 4.32. The van der Waals surface area contributed by atoms with E-state index in [4.69, 9.17) is 0 Å². The zero-order valence-electron chi connectivity index (χ0n) is 17.2. The molecule has 6 nitrogen and oxygen atoms in total. The summed E-state index contributed by atoms with van der Waals surface area (Å²) in [6, 6.07) is 20.5. The Bertz CT molecular complexity index is 997. The predicted octanol–water partition coefficient (Wildman–Crippen LogP) is 3.49. The minimum absolute atomic E-state index is 0.0284. The summed E-state index contributed by atoms with van der Waals surface area (Å²) in [5.74, 6) is 0.418. The normalized spacial score (nSPS) is 17.7. The van der Waals surface area contributed by atoms with E-state index in [2.05, 4.69) is 39.5 Å². The van der Waals surface area contributed by atoms with Gasteiger partial charge in [-0.15, -0.1) is 5.10 Å². The maximum absolute atomic E-state index is 13.4. The number of carbonyl (C=O) groups excluding carboxylic acids is 1. The van der Waals surface area contributed by atoms with Crippen LogP contribution in [0.25, 0.3) is 5.69 Å². The van der Waals surface area contributed by atoms with Crippen LogP contribution < -0.4 is 0 Å². The van der Waals surface area contributed by atoms with Gasteiger partial charge in [0.2, 0.25) is 0 Å². The largest absolute Gasteiger partial charge is 0.336 e. The first kappa shape index (κ1) is 19.0. The lowest BCUT2D eigenvalue weighted by Gasteiger charge is -2.22. The van der Waals surface area contributed by atoms with Gasteiger partial charge in [0.15, 0.2) is 5.69 Å². The molecule has 0 unspecified atom stereocenters. The lowest BCUT2D eigenvalue weighted by molar-refractivity contribution is 0.0754. The monoisotopic (exact) mass is 401 g/mol. The van der Waals surface area contributed by atoms with Crippen LogP contribution in [0.5, 0.6) is 0 Å². The molecule has 6 heteroatoms. The highest BCUT2D eigenvalue weighted by Crippen LogP contribution is 2.42. The quantitative estimate of drug-likeness (QED) is 0.657. The molecule has 1 aromatic heterocycles. The Hall–Kier alpha value is -2.99. The standard InChI is InChI=1S/C24H27N5O/c30-24(28-15-7-14-27(16-17-28)18-19-8-3-1-4-9-19)22-23(20-12-13-20)29(26-25-22)21-10-5-2-6-11-21/h1-6,8-11,20H,7,12-18H2. The number of amides is 1. The fourth-order valence-electron chi connectivity index (χ4n) is 4.25. The molecule has 1 aliphatic heterocycles. The van der Waals surface area contributed by atoms with E-state index in [1.165, 1.54) is 5.56 Å². The minimum atomic E-state index is 0.0284. The molecule has 30 heavy (non-hydrogen) atoms. The molecule has 3 aromatic rings. The van der Waals surface area contributed by atoms with Crippen molar-refractivity contribution in [1.29, 1.82) is 0 Å². The first-order valence-corrected chi connectivity index (χ1v) is 10.9. The third kappa shape index (κ3) is 4.00. The van der Waals surface area contributed by atoms with Crippen LogP contribution in [-0.2, 0) is 6.54 Å². The lowest BCUT2D eigenvalue weighted by atomic mass is 10.2. The maximum atomic E-state index is 13.4. The summed E-state index contributed by atoms with van der Waals surface area (Å²) in [6.07, 6.45) is 3.18. The Morgan fingerprint density at radius 2 is 1.63 bits per heavy atom. The van der Waals surface area contributed by atoms with Crippen molar-refractivity contribution < 1.29 is 4.79 Å². The highest BCUT2D eigenvalue weighted by atomic mass is 16.2. The van der Waals surface area contributed by atoms with Crippen LogP contribution in [0.3, 0.4) is 0 Å². The van der Waals surface area contributed by atoms with Crippen molar-refractivity contribution in [2.75, 3.05) is 26.2 Å². The van der Waals surface area contributed by atoms with Crippen molar-refractivity contribution in [3.05, 3.63) is 77.6 Å². The molecule has 0 N–H and O–H groups in total. The van der Waals surface area contributed by atoms with Gasteiger partial charge in [-0.05, 0) is 37.0 Å². The van der Waals surface area contributed by atoms with Crippen molar-refractivity contribution in [1.82, 2.24) is 24.8 Å². The molecule has 1 amide bonds. The first-order chi connectivity index (χ1) is 14.8. The SMILES string of the molecule is O=C(c1nnn(-c2ccccc2)c1C1CC1)N1CCCN(Cc2ccccc2)CC1.